The van der Waals surface area contributed by atoms with E-state index in [9.17, 15) is 13.2 Å². The van der Waals surface area contributed by atoms with E-state index in [0.717, 1.165) is 46.6 Å². The summed E-state index contributed by atoms with van der Waals surface area (Å²) in [7, 11) is 1.95. The first-order valence-electron chi connectivity index (χ1n) is 7.75. The van der Waals surface area contributed by atoms with E-state index in [0.29, 0.717) is 0 Å². The Morgan fingerprint density at radius 2 is 1.67 bits per heavy atom. The lowest BCUT2D eigenvalue weighted by Crippen LogP contribution is -2.14. The second-order valence-corrected chi connectivity index (χ2v) is 5.85. The van der Waals surface area contributed by atoms with Crippen LogP contribution in [0.3, 0.4) is 0 Å². The zero-order chi connectivity index (χ0) is 17.9. The summed E-state index contributed by atoms with van der Waals surface area (Å²) in [6.07, 6.45) is -2.53. The topological polar surface area (TPSA) is 15.6 Å². The minimum atomic E-state index is -4.31. The van der Waals surface area contributed by atoms with Crippen LogP contribution in [0.15, 0.2) is 41.4 Å². The van der Waals surface area contributed by atoms with E-state index < -0.39 is 11.7 Å². The number of aryl methyl sites for hydroxylation is 2. The SMILES string of the molecule is CCN(C)/C=N/c1cc(C)c(-c2ccc(C(F)(F)F)cc2)cc1C. The van der Waals surface area contributed by atoms with Crippen LogP contribution >= 0.6 is 0 Å². The average molecular weight is 334 g/mol. The highest BCUT2D eigenvalue weighted by Crippen LogP contribution is 2.33. The standard InChI is InChI=1S/C19H21F3N2/c1-5-24(4)12-23-18-11-13(2)17(10-14(18)3)15-6-8-16(9-7-15)19(20,21)22/h6-12H,5H2,1-4H3/b23-12+. The van der Waals surface area contributed by atoms with E-state index in [1.807, 2.05) is 44.9 Å². The summed E-state index contributed by atoms with van der Waals surface area (Å²) in [5.74, 6) is 0. The highest BCUT2D eigenvalue weighted by Gasteiger charge is 2.30. The van der Waals surface area contributed by atoms with Gasteiger partial charge in [-0.15, -0.1) is 0 Å². The molecule has 0 unspecified atom stereocenters. The normalized spacial score (nSPS) is 12.0. The largest absolute Gasteiger partial charge is 0.416 e. The van der Waals surface area contributed by atoms with Crippen molar-refractivity contribution in [1.82, 2.24) is 4.90 Å². The monoisotopic (exact) mass is 334 g/mol. The number of halogens is 3. The van der Waals surface area contributed by atoms with Gasteiger partial charge in [-0.05, 0) is 67.3 Å². The van der Waals surface area contributed by atoms with E-state index in [1.165, 1.54) is 12.1 Å². The van der Waals surface area contributed by atoms with Crippen molar-refractivity contribution in [3.63, 3.8) is 0 Å². The molecule has 128 valence electrons. The van der Waals surface area contributed by atoms with Crippen LogP contribution in [0.25, 0.3) is 11.1 Å². The Balaban J connectivity index is 2.35. The molecule has 0 aliphatic heterocycles. The minimum absolute atomic E-state index is 0.635. The third-order valence-electron chi connectivity index (χ3n) is 3.96. The van der Waals surface area contributed by atoms with E-state index in [2.05, 4.69) is 4.99 Å². The number of aliphatic imine (C=N–C) groups is 1. The van der Waals surface area contributed by atoms with Crippen molar-refractivity contribution < 1.29 is 13.2 Å². The van der Waals surface area contributed by atoms with Gasteiger partial charge in [-0.3, -0.25) is 0 Å². The molecule has 0 amide bonds. The molecule has 24 heavy (non-hydrogen) atoms. The van der Waals surface area contributed by atoms with Gasteiger partial charge in [-0.1, -0.05) is 12.1 Å². The van der Waals surface area contributed by atoms with Gasteiger partial charge in [0.2, 0.25) is 0 Å². The lowest BCUT2D eigenvalue weighted by atomic mass is 9.96. The number of alkyl halides is 3. The molecule has 2 aromatic rings. The number of rotatable bonds is 4. The lowest BCUT2D eigenvalue weighted by Gasteiger charge is -2.13. The first-order chi connectivity index (χ1) is 11.2. The molecule has 0 saturated carbocycles. The molecule has 2 nitrogen and oxygen atoms in total. The van der Waals surface area contributed by atoms with Crippen LogP contribution in [-0.2, 0) is 6.18 Å². The first-order valence-corrected chi connectivity index (χ1v) is 7.75. The van der Waals surface area contributed by atoms with Crippen LogP contribution in [0.2, 0.25) is 0 Å². The summed E-state index contributed by atoms with van der Waals surface area (Å²) in [5.41, 5.74) is 3.88. The molecule has 0 radical (unpaired) electrons. The zero-order valence-corrected chi connectivity index (χ0v) is 14.3. The molecule has 0 spiro atoms. The maximum atomic E-state index is 12.7. The molecule has 0 atom stereocenters. The molecule has 0 aromatic heterocycles. The quantitative estimate of drug-likeness (QED) is 0.525. The summed E-state index contributed by atoms with van der Waals surface area (Å²) >= 11 is 0. The van der Waals surface area contributed by atoms with Gasteiger partial charge in [-0.25, -0.2) is 4.99 Å². The van der Waals surface area contributed by atoms with Gasteiger partial charge in [0, 0.05) is 13.6 Å². The van der Waals surface area contributed by atoms with Crippen molar-refractivity contribution in [2.75, 3.05) is 13.6 Å². The van der Waals surface area contributed by atoms with E-state index in [1.54, 1.807) is 6.34 Å². The van der Waals surface area contributed by atoms with Crippen molar-refractivity contribution in [3.05, 3.63) is 53.1 Å². The third-order valence-corrected chi connectivity index (χ3v) is 3.96. The Bertz CT molecular complexity index is 732. The molecule has 0 N–H and O–H groups in total. The van der Waals surface area contributed by atoms with E-state index in [-0.39, 0.29) is 0 Å². The second kappa shape index (κ2) is 7.07. The van der Waals surface area contributed by atoms with Crippen LogP contribution in [0.1, 0.15) is 23.6 Å². The molecule has 0 saturated heterocycles. The van der Waals surface area contributed by atoms with Crippen LogP contribution in [0.5, 0.6) is 0 Å². The van der Waals surface area contributed by atoms with Crippen LogP contribution in [-0.4, -0.2) is 24.8 Å². The van der Waals surface area contributed by atoms with Gasteiger partial charge in [0.1, 0.15) is 0 Å². The molecule has 2 rings (SSSR count). The van der Waals surface area contributed by atoms with Gasteiger partial charge >= 0.3 is 6.18 Å². The minimum Gasteiger partial charge on any atom is -0.366 e. The number of hydrogen-bond acceptors (Lipinski definition) is 1. The van der Waals surface area contributed by atoms with E-state index in [4.69, 9.17) is 0 Å². The highest BCUT2D eigenvalue weighted by atomic mass is 19.4. The fraction of sp³-hybridized carbons (Fsp3) is 0.316. The highest BCUT2D eigenvalue weighted by molar-refractivity contribution is 5.73. The van der Waals surface area contributed by atoms with Crippen molar-refractivity contribution >= 4 is 12.0 Å². The first kappa shape index (κ1) is 18.0. The van der Waals surface area contributed by atoms with Gasteiger partial charge in [-0.2, -0.15) is 13.2 Å². The van der Waals surface area contributed by atoms with Crippen molar-refractivity contribution in [2.24, 2.45) is 4.99 Å². The molecule has 0 aliphatic rings. The molecule has 2 aromatic carbocycles. The molecular formula is C19H21F3N2. The summed E-state index contributed by atoms with van der Waals surface area (Å²) in [4.78, 5) is 6.44. The Hall–Kier alpha value is -2.30. The molecule has 5 heteroatoms. The lowest BCUT2D eigenvalue weighted by molar-refractivity contribution is -0.137. The zero-order valence-electron chi connectivity index (χ0n) is 14.3. The predicted octanol–water partition coefficient (Wildman–Crippen LogP) is 5.60. The fourth-order valence-corrected chi connectivity index (χ4v) is 2.33. The molecule has 0 aliphatic carbocycles. The van der Waals surface area contributed by atoms with E-state index >= 15 is 0 Å². The summed E-state index contributed by atoms with van der Waals surface area (Å²) < 4.78 is 38.0. The maximum Gasteiger partial charge on any atom is 0.416 e. The second-order valence-electron chi connectivity index (χ2n) is 5.85. The number of hydrogen-bond donors (Lipinski definition) is 0. The summed E-state index contributed by atoms with van der Waals surface area (Å²) in [6.45, 7) is 6.80. The van der Waals surface area contributed by atoms with Gasteiger partial charge in [0.25, 0.3) is 0 Å². The molecule has 0 bridgehead atoms. The predicted molar refractivity (Wildman–Crippen MR) is 92.8 cm³/mol. The third kappa shape index (κ3) is 4.16. The van der Waals surface area contributed by atoms with Gasteiger partial charge in [0.15, 0.2) is 0 Å². The smallest absolute Gasteiger partial charge is 0.366 e. The van der Waals surface area contributed by atoms with Gasteiger partial charge in [0.05, 0.1) is 17.6 Å². The fourth-order valence-electron chi connectivity index (χ4n) is 2.33. The van der Waals surface area contributed by atoms with Crippen LogP contribution < -0.4 is 0 Å². The van der Waals surface area contributed by atoms with Crippen LogP contribution in [0, 0.1) is 13.8 Å². The maximum absolute atomic E-state index is 12.7. The molecular weight excluding hydrogens is 313 g/mol. The Morgan fingerprint density at radius 1 is 1.04 bits per heavy atom. The average Bonchev–Trinajstić information content (AvgIpc) is 2.54. The number of nitrogens with zero attached hydrogens (tertiary/aromatic N) is 2. The van der Waals surface area contributed by atoms with Crippen molar-refractivity contribution in [1.29, 1.82) is 0 Å². The Kier molecular flexibility index (Phi) is 5.32. The molecule has 0 heterocycles. The summed E-state index contributed by atoms with van der Waals surface area (Å²) in [5, 5.41) is 0. The van der Waals surface area contributed by atoms with Crippen LogP contribution in [0.4, 0.5) is 18.9 Å². The van der Waals surface area contributed by atoms with Gasteiger partial charge < -0.3 is 4.90 Å². The number of benzene rings is 2. The summed E-state index contributed by atoms with van der Waals surface area (Å²) in [6, 6.07) is 9.19. The van der Waals surface area contributed by atoms with Crippen molar-refractivity contribution in [2.45, 2.75) is 26.9 Å². The van der Waals surface area contributed by atoms with Crippen molar-refractivity contribution in [3.8, 4) is 11.1 Å². The Morgan fingerprint density at radius 3 is 2.21 bits per heavy atom. The molecule has 0 fully saturated rings. The Labute approximate surface area is 140 Å².